The van der Waals surface area contributed by atoms with Crippen molar-refractivity contribution >= 4 is 22.8 Å². The van der Waals surface area contributed by atoms with E-state index in [0.717, 1.165) is 6.07 Å². The van der Waals surface area contributed by atoms with E-state index >= 15 is 0 Å². The molecule has 2 aromatic carbocycles. The summed E-state index contributed by atoms with van der Waals surface area (Å²) in [6, 6.07) is 11.1. The quantitative estimate of drug-likeness (QED) is 0.539. The van der Waals surface area contributed by atoms with Gasteiger partial charge in [0.25, 0.3) is 0 Å². The fourth-order valence-electron chi connectivity index (χ4n) is 3.11. The van der Waals surface area contributed by atoms with Gasteiger partial charge in [0.15, 0.2) is 17.3 Å². The molecular formula is C21H20F2N6O. The van der Waals surface area contributed by atoms with Gasteiger partial charge in [-0.1, -0.05) is 6.07 Å². The molecule has 0 aliphatic rings. The third-order valence-electron chi connectivity index (χ3n) is 4.90. The van der Waals surface area contributed by atoms with Crippen molar-refractivity contribution in [3.05, 3.63) is 54.1 Å². The molecule has 0 bridgehead atoms. The summed E-state index contributed by atoms with van der Waals surface area (Å²) in [4.78, 5) is 10.8. The van der Waals surface area contributed by atoms with Crippen LogP contribution in [0.1, 0.15) is 6.92 Å². The Morgan fingerprint density at radius 3 is 2.50 bits per heavy atom. The molecule has 2 N–H and O–H groups in total. The molecule has 0 saturated heterocycles. The minimum atomic E-state index is -1.00. The predicted molar refractivity (Wildman–Crippen MR) is 112 cm³/mol. The Labute approximate surface area is 171 Å². The molecule has 0 fully saturated rings. The molecule has 9 heteroatoms. The molecule has 0 aliphatic carbocycles. The summed E-state index contributed by atoms with van der Waals surface area (Å²) in [6.07, 6.45) is 0. The normalized spacial score (nSPS) is 11.1. The maximum absolute atomic E-state index is 14.6. The molecule has 0 radical (unpaired) electrons. The largest absolute Gasteiger partial charge is 0.497 e. The van der Waals surface area contributed by atoms with Crippen molar-refractivity contribution in [2.75, 3.05) is 31.3 Å². The zero-order valence-corrected chi connectivity index (χ0v) is 16.7. The van der Waals surface area contributed by atoms with Crippen LogP contribution in [0.5, 0.6) is 5.75 Å². The van der Waals surface area contributed by atoms with E-state index in [1.54, 1.807) is 43.3 Å². The Hall–Kier alpha value is -3.75. The third-order valence-corrected chi connectivity index (χ3v) is 4.90. The van der Waals surface area contributed by atoms with Gasteiger partial charge in [0.2, 0.25) is 5.95 Å². The number of hydrogen-bond donors (Lipinski definition) is 1. The van der Waals surface area contributed by atoms with Gasteiger partial charge < -0.3 is 15.4 Å². The van der Waals surface area contributed by atoms with E-state index in [-0.39, 0.29) is 22.7 Å². The van der Waals surface area contributed by atoms with Gasteiger partial charge in [-0.2, -0.15) is 4.98 Å². The maximum atomic E-state index is 14.6. The number of benzene rings is 2. The average molecular weight is 410 g/mol. The first kappa shape index (κ1) is 19.6. The Balaban J connectivity index is 2.01. The second kappa shape index (κ2) is 7.58. The first-order valence-electron chi connectivity index (χ1n) is 9.30. The fourth-order valence-corrected chi connectivity index (χ4v) is 3.11. The van der Waals surface area contributed by atoms with Gasteiger partial charge in [0, 0.05) is 19.2 Å². The highest BCUT2D eigenvalue weighted by Gasteiger charge is 2.23. The molecule has 30 heavy (non-hydrogen) atoms. The number of nitrogens with two attached hydrogens (primary N) is 1. The summed E-state index contributed by atoms with van der Waals surface area (Å²) in [7, 11) is 3.38. The van der Waals surface area contributed by atoms with Crippen LogP contribution >= 0.6 is 0 Å². The number of aromatic nitrogens is 4. The Kier molecular flexibility index (Phi) is 4.94. The summed E-state index contributed by atoms with van der Waals surface area (Å²) in [5.41, 5.74) is 7.52. The molecule has 154 valence electrons. The Bertz CT molecular complexity index is 1220. The lowest BCUT2D eigenvalue weighted by Crippen LogP contribution is -2.19. The van der Waals surface area contributed by atoms with E-state index < -0.39 is 11.6 Å². The minimum Gasteiger partial charge on any atom is -0.497 e. The molecule has 0 aliphatic heterocycles. The lowest BCUT2D eigenvalue weighted by Gasteiger charge is -2.15. The molecule has 4 rings (SSSR count). The van der Waals surface area contributed by atoms with Crippen LogP contribution in [-0.4, -0.2) is 40.5 Å². The molecular weight excluding hydrogens is 390 g/mol. The van der Waals surface area contributed by atoms with E-state index in [4.69, 9.17) is 10.5 Å². The van der Waals surface area contributed by atoms with Crippen LogP contribution in [-0.2, 0) is 0 Å². The highest BCUT2D eigenvalue weighted by Crippen LogP contribution is 2.35. The summed E-state index contributed by atoms with van der Waals surface area (Å²) >= 11 is 0. The summed E-state index contributed by atoms with van der Waals surface area (Å²) in [5, 5.41) is 4.86. The lowest BCUT2D eigenvalue weighted by molar-refractivity contribution is 0.414. The topological polar surface area (TPSA) is 82.1 Å². The van der Waals surface area contributed by atoms with Crippen LogP contribution in [0.25, 0.3) is 28.0 Å². The number of nitrogen functional groups attached to an aromatic ring is 1. The van der Waals surface area contributed by atoms with Crippen LogP contribution in [0.15, 0.2) is 42.5 Å². The monoisotopic (exact) mass is 410 g/mol. The fraction of sp³-hybridized carbons (Fsp3) is 0.190. The minimum absolute atomic E-state index is 0.00543. The van der Waals surface area contributed by atoms with Gasteiger partial charge in [0.05, 0.1) is 23.9 Å². The van der Waals surface area contributed by atoms with Crippen LogP contribution in [0.4, 0.5) is 20.5 Å². The lowest BCUT2D eigenvalue weighted by atomic mass is 10.1. The van der Waals surface area contributed by atoms with Gasteiger partial charge in [-0.3, -0.25) is 0 Å². The highest BCUT2D eigenvalue weighted by molar-refractivity contribution is 5.99. The van der Waals surface area contributed by atoms with E-state index in [0.29, 0.717) is 29.3 Å². The standard InChI is InChI=1S/C21H20F2N6O/c1-4-28(2)21-25-18(14-6-5-7-15(22)17(14)23)16-19(24)29(27-20(16)26-21)12-8-10-13(30-3)11-9-12/h5-11H,4,24H2,1-3H3. The average Bonchev–Trinajstić information content (AvgIpc) is 3.11. The van der Waals surface area contributed by atoms with Crippen molar-refractivity contribution in [2.24, 2.45) is 0 Å². The number of hydrogen-bond acceptors (Lipinski definition) is 6. The third kappa shape index (κ3) is 3.18. The number of halogens is 2. The number of methoxy groups -OCH3 is 1. The maximum Gasteiger partial charge on any atom is 0.227 e. The molecule has 0 atom stereocenters. The van der Waals surface area contributed by atoms with Crippen LogP contribution in [0.3, 0.4) is 0 Å². The Morgan fingerprint density at radius 2 is 1.83 bits per heavy atom. The van der Waals surface area contributed by atoms with E-state index in [1.807, 2.05) is 6.92 Å². The highest BCUT2D eigenvalue weighted by atomic mass is 19.2. The first-order valence-corrected chi connectivity index (χ1v) is 9.30. The zero-order chi connectivity index (χ0) is 21.4. The number of anilines is 2. The number of rotatable bonds is 5. The molecule has 4 aromatic rings. The van der Waals surface area contributed by atoms with E-state index in [1.165, 1.54) is 16.8 Å². The SMILES string of the molecule is CCN(C)c1nc(-c2cccc(F)c2F)c2c(N)n(-c3ccc(OC)cc3)nc2n1. The van der Waals surface area contributed by atoms with Gasteiger partial charge in [-0.15, -0.1) is 5.10 Å². The van der Waals surface area contributed by atoms with Gasteiger partial charge in [-0.25, -0.2) is 18.4 Å². The first-order chi connectivity index (χ1) is 14.4. The van der Waals surface area contributed by atoms with Crippen molar-refractivity contribution in [2.45, 2.75) is 6.92 Å². The predicted octanol–water partition coefficient (Wildman–Crippen LogP) is 3.81. The second-order valence-electron chi connectivity index (χ2n) is 6.68. The van der Waals surface area contributed by atoms with Crippen molar-refractivity contribution in [1.82, 2.24) is 19.7 Å². The van der Waals surface area contributed by atoms with Gasteiger partial charge in [-0.05, 0) is 43.3 Å². The van der Waals surface area contributed by atoms with Crippen molar-refractivity contribution < 1.29 is 13.5 Å². The van der Waals surface area contributed by atoms with Crippen molar-refractivity contribution in [1.29, 1.82) is 0 Å². The summed E-state index contributed by atoms with van der Waals surface area (Å²) in [5.74, 6) is -0.726. The molecule has 0 saturated carbocycles. The number of fused-ring (bicyclic) bond motifs is 1. The molecule has 0 unspecified atom stereocenters. The molecule has 0 spiro atoms. The Morgan fingerprint density at radius 1 is 1.10 bits per heavy atom. The van der Waals surface area contributed by atoms with Crippen LogP contribution in [0.2, 0.25) is 0 Å². The van der Waals surface area contributed by atoms with Gasteiger partial charge >= 0.3 is 0 Å². The smallest absolute Gasteiger partial charge is 0.227 e. The second-order valence-corrected chi connectivity index (χ2v) is 6.68. The zero-order valence-electron chi connectivity index (χ0n) is 16.7. The van der Waals surface area contributed by atoms with Crippen LogP contribution < -0.4 is 15.4 Å². The molecule has 2 heterocycles. The molecule has 2 aromatic heterocycles. The summed E-state index contributed by atoms with van der Waals surface area (Å²) in [6.45, 7) is 2.55. The van der Waals surface area contributed by atoms with E-state index in [2.05, 4.69) is 15.1 Å². The summed E-state index contributed by atoms with van der Waals surface area (Å²) < 4.78 is 35.3. The van der Waals surface area contributed by atoms with E-state index in [9.17, 15) is 8.78 Å². The molecule has 0 amide bonds. The van der Waals surface area contributed by atoms with Gasteiger partial charge in [0.1, 0.15) is 11.6 Å². The number of nitrogens with zero attached hydrogens (tertiary/aromatic N) is 5. The molecule has 7 nitrogen and oxygen atoms in total. The number of ether oxygens (including phenoxy) is 1. The van der Waals surface area contributed by atoms with Crippen molar-refractivity contribution in [3.63, 3.8) is 0 Å². The van der Waals surface area contributed by atoms with Crippen molar-refractivity contribution in [3.8, 4) is 22.7 Å². The van der Waals surface area contributed by atoms with Crippen LogP contribution in [0, 0.1) is 11.6 Å².